The first-order valence-electron chi connectivity index (χ1n) is 11.3. The first kappa shape index (κ1) is 22.8. The van der Waals surface area contributed by atoms with Gasteiger partial charge in [0.2, 0.25) is 0 Å². The number of nitrogens with zero attached hydrogens (tertiary/aromatic N) is 3. The van der Waals surface area contributed by atoms with E-state index in [0.717, 1.165) is 64.4 Å². The molecule has 0 spiro atoms. The van der Waals surface area contributed by atoms with Gasteiger partial charge in [-0.25, -0.2) is 4.98 Å². The van der Waals surface area contributed by atoms with Crippen molar-refractivity contribution in [2.75, 3.05) is 25.4 Å². The molecule has 33 heavy (non-hydrogen) atoms. The molecule has 5 rings (SSSR count). The van der Waals surface area contributed by atoms with Crippen LogP contribution in [-0.4, -0.2) is 46.4 Å². The minimum atomic E-state index is -0.172. The van der Waals surface area contributed by atoms with E-state index in [2.05, 4.69) is 28.1 Å². The van der Waals surface area contributed by atoms with Crippen LogP contribution < -0.4 is 0 Å². The lowest BCUT2D eigenvalue weighted by Gasteiger charge is -2.33. The van der Waals surface area contributed by atoms with E-state index in [9.17, 15) is 0 Å². The summed E-state index contributed by atoms with van der Waals surface area (Å²) in [5.41, 5.74) is 3.13. The maximum atomic E-state index is 6.61. The highest BCUT2D eigenvalue weighted by molar-refractivity contribution is 8.01. The van der Waals surface area contributed by atoms with E-state index in [1.165, 1.54) is 4.70 Å². The molecule has 0 aliphatic carbocycles. The SMILES string of the molecule is Clc1ccc(C(OC2CCN(CCSc3nc4ccccc4s3)CC2)c2ccccn2)cc1. The number of pyridine rings is 1. The van der Waals surface area contributed by atoms with Crippen LogP contribution in [0.25, 0.3) is 10.2 Å². The zero-order valence-corrected chi connectivity index (χ0v) is 20.7. The Morgan fingerprint density at radius 3 is 2.58 bits per heavy atom. The van der Waals surface area contributed by atoms with Gasteiger partial charge in [-0.3, -0.25) is 4.98 Å². The predicted molar refractivity (Wildman–Crippen MR) is 138 cm³/mol. The van der Waals surface area contributed by atoms with Crippen molar-refractivity contribution in [1.29, 1.82) is 0 Å². The lowest BCUT2D eigenvalue weighted by molar-refractivity contribution is -0.0276. The van der Waals surface area contributed by atoms with Crippen molar-refractivity contribution in [3.8, 4) is 0 Å². The van der Waals surface area contributed by atoms with E-state index in [1.807, 2.05) is 66.5 Å². The summed E-state index contributed by atoms with van der Waals surface area (Å²) in [6.07, 6.45) is 3.94. The molecule has 1 aliphatic heterocycles. The fourth-order valence-electron chi connectivity index (χ4n) is 4.12. The number of para-hydroxylation sites is 1. The number of halogens is 1. The summed E-state index contributed by atoms with van der Waals surface area (Å²) in [4.78, 5) is 11.8. The molecular weight excluding hydrogens is 470 g/mol. The van der Waals surface area contributed by atoms with Gasteiger partial charge in [-0.15, -0.1) is 11.3 Å². The zero-order chi connectivity index (χ0) is 22.5. The van der Waals surface area contributed by atoms with Crippen LogP contribution >= 0.6 is 34.7 Å². The second-order valence-corrected chi connectivity index (χ2v) is 11.0. The van der Waals surface area contributed by atoms with Gasteiger partial charge >= 0.3 is 0 Å². The average molecular weight is 496 g/mol. The Morgan fingerprint density at radius 2 is 1.82 bits per heavy atom. The number of aromatic nitrogens is 2. The molecule has 0 N–H and O–H groups in total. The Bertz CT molecular complexity index is 1130. The molecule has 0 amide bonds. The molecule has 1 saturated heterocycles. The van der Waals surface area contributed by atoms with Crippen molar-refractivity contribution in [3.05, 3.63) is 89.2 Å². The van der Waals surface area contributed by atoms with Crippen molar-refractivity contribution >= 4 is 44.9 Å². The fourth-order valence-corrected chi connectivity index (χ4v) is 6.39. The third-order valence-electron chi connectivity index (χ3n) is 5.90. The molecule has 0 saturated carbocycles. The van der Waals surface area contributed by atoms with Crippen LogP contribution in [-0.2, 0) is 4.74 Å². The molecule has 170 valence electrons. The maximum absolute atomic E-state index is 6.61. The molecule has 3 heterocycles. The van der Waals surface area contributed by atoms with E-state index in [0.29, 0.717) is 0 Å². The van der Waals surface area contributed by atoms with Gasteiger partial charge in [0, 0.05) is 36.6 Å². The summed E-state index contributed by atoms with van der Waals surface area (Å²) in [5.74, 6) is 1.06. The van der Waals surface area contributed by atoms with Crippen LogP contribution in [0.4, 0.5) is 0 Å². The highest BCUT2D eigenvalue weighted by Crippen LogP contribution is 2.31. The van der Waals surface area contributed by atoms with Gasteiger partial charge in [0.15, 0.2) is 4.34 Å². The van der Waals surface area contributed by atoms with Gasteiger partial charge < -0.3 is 9.64 Å². The van der Waals surface area contributed by atoms with E-state index < -0.39 is 0 Å². The molecular formula is C26H26ClN3OS2. The number of thioether (sulfide) groups is 1. The van der Waals surface area contributed by atoms with E-state index >= 15 is 0 Å². The third kappa shape index (κ3) is 5.94. The molecule has 1 aliphatic rings. The third-order valence-corrected chi connectivity index (χ3v) is 8.31. The van der Waals surface area contributed by atoms with Gasteiger partial charge in [0.25, 0.3) is 0 Å². The summed E-state index contributed by atoms with van der Waals surface area (Å²) >= 11 is 9.75. The van der Waals surface area contributed by atoms with Gasteiger partial charge in [-0.1, -0.05) is 53.7 Å². The molecule has 2 aromatic heterocycles. The number of thiazole rings is 1. The number of fused-ring (bicyclic) bond motifs is 1. The summed E-state index contributed by atoms with van der Waals surface area (Å²) in [5, 5.41) is 0.732. The number of piperidine rings is 1. The first-order valence-corrected chi connectivity index (χ1v) is 13.5. The fraction of sp³-hybridized carbons (Fsp3) is 0.308. The molecule has 0 radical (unpaired) electrons. The second kappa shape index (κ2) is 11.0. The summed E-state index contributed by atoms with van der Waals surface area (Å²) in [6.45, 7) is 3.19. The summed E-state index contributed by atoms with van der Waals surface area (Å²) < 4.78 is 9.04. The van der Waals surface area contributed by atoms with Crippen LogP contribution in [0.3, 0.4) is 0 Å². The Kier molecular flexibility index (Phi) is 7.59. The minimum Gasteiger partial charge on any atom is -0.364 e. The predicted octanol–water partition coefficient (Wildman–Crippen LogP) is 6.71. The zero-order valence-electron chi connectivity index (χ0n) is 18.3. The van der Waals surface area contributed by atoms with Gasteiger partial charge in [0.05, 0.1) is 22.0 Å². The second-order valence-electron chi connectivity index (χ2n) is 8.16. The summed E-state index contributed by atoms with van der Waals surface area (Å²) in [7, 11) is 0. The lowest BCUT2D eigenvalue weighted by atomic mass is 10.0. The quantitative estimate of drug-likeness (QED) is 0.254. The van der Waals surface area contributed by atoms with Crippen LogP contribution in [0.5, 0.6) is 0 Å². The first-order chi connectivity index (χ1) is 16.2. The normalized spacial score (nSPS) is 16.3. The standard InChI is InChI=1S/C26H26ClN3OS2/c27-20-10-8-19(9-11-20)25(23-6-3-4-14-28-23)31-21-12-15-30(16-13-21)17-18-32-26-29-22-5-1-2-7-24(22)33-26/h1-11,14,21,25H,12-13,15-18H2. The van der Waals surface area contributed by atoms with Gasteiger partial charge in [0.1, 0.15) is 6.10 Å². The van der Waals surface area contributed by atoms with Crippen molar-refractivity contribution in [1.82, 2.24) is 14.9 Å². The highest BCUT2D eigenvalue weighted by Gasteiger charge is 2.25. The molecule has 4 aromatic rings. The smallest absolute Gasteiger partial charge is 0.151 e. The van der Waals surface area contributed by atoms with E-state index in [-0.39, 0.29) is 12.2 Å². The largest absolute Gasteiger partial charge is 0.364 e. The van der Waals surface area contributed by atoms with E-state index in [4.69, 9.17) is 21.3 Å². The van der Waals surface area contributed by atoms with Crippen LogP contribution in [0.15, 0.2) is 77.3 Å². The number of hydrogen-bond donors (Lipinski definition) is 0. The van der Waals surface area contributed by atoms with Crippen molar-refractivity contribution < 1.29 is 4.74 Å². The van der Waals surface area contributed by atoms with Crippen LogP contribution in [0, 0.1) is 0 Å². The van der Waals surface area contributed by atoms with Crippen molar-refractivity contribution in [3.63, 3.8) is 0 Å². The Morgan fingerprint density at radius 1 is 1.03 bits per heavy atom. The van der Waals surface area contributed by atoms with Crippen molar-refractivity contribution in [2.24, 2.45) is 0 Å². The molecule has 1 atom stereocenters. The van der Waals surface area contributed by atoms with E-state index in [1.54, 1.807) is 11.3 Å². The Hall–Kier alpha value is -1.96. The average Bonchev–Trinajstić information content (AvgIpc) is 3.28. The molecule has 1 unspecified atom stereocenters. The number of likely N-dealkylation sites (tertiary alicyclic amines) is 1. The monoisotopic (exact) mass is 495 g/mol. The molecule has 1 fully saturated rings. The topological polar surface area (TPSA) is 38.2 Å². The Balaban J connectivity index is 1.14. The number of rotatable bonds is 8. The number of ether oxygens (including phenoxy) is 1. The molecule has 0 bridgehead atoms. The summed E-state index contributed by atoms with van der Waals surface area (Å²) in [6, 6.07) is 22.3. The van der Waals surface area contributed by atoms with Gasteiger partial charge in [-0.05, 0) is 54.8 Å². The Labute approximate surface area is 208 Å². The molecule has 7 heteroatoms. The highest BCUT2D eigenvalue weighted by atomic mass is 35.5. The number of benzene rings is 2. The van der Waals surface area contributed by atoms with Crippen LogP contribution in [0.1, 0.15) is 30.2 Å². The lowest BCUT2D eigenvalue weighted by Crippen LogP contribution is -2.38. The van der Waals surface area contributed by atoms with Crippen molar-refractivity contribution in [2.45, 2.75) is 29.4 Å². The number of hydrogen-bond acceptors (Lipinski definition) is 6. The maximum Gasteiger partial charge on any atom is 0.151 e. The molecule has 2 aromatic carbocycles. The molecule has 4 nitrogen and oxygen atoms in total. The van der Waals surface area contributed by atoms with Crippen LogP contribution in [0.2, 0.25) is 5.02 Å². The minimum absolute atomic E-state index is 0.172. The van der Waals surface area contributed by atoms with Gasteiger partial charge in [-0.2, -0.15) is 0 Å².